The first-order chi connectivity index (χ1) is 9.99. The number of nitrogens with zero attached hydrogens (tertiary/aromatic N) is 1. The number of hydrazone groups is 1. The number of esters is 1. The molecule has 1 N–H and O–H groups in total. The third-order valence-electron chi connectivity index (χ3n) is 3.10. The van der Waals surface area contributed by atoms with E-state index in [0.717, 1.165) is 5.56 Å². The van der Waals surface area contributed by atoms with Gasteiger partial charge in [0.05, 0.1) is 12.5 Å². The molecule has 0 bridgehead atoms. The Hall–Kier alpha value is -2.17. The summed E-state index contributed by atoms with van der Waals surface area (Å²) in [6.45, 7) is 7.60. The molecule has 1 rings (SSSR count). The monoisotopic (exact) mass is 290 g/mol. The lowest BCUT2D eigenvalue weighted by Gasteiger charge is -2.13. The van der Waals surface area contributed by atoms with Crippen molar-refractivity contribution in [3.05, 3.63) is 35.4 Å². The molecule has 0 fully saturated rings. The second kappa shape index (κ2) is 8.19. The molecule has 0 aliphatic carbocycles. The lowest BCUT2D eigenvalue weighted by molar-refractivity contribution is -0.145. The molecule has 1 aromatic rings. The van der Waals surface area contributed by atoms with Gasteiger partial charge < -0.3 is 4.74 Å². The Morgan fingerprint density at radius 3 is 2.62 bits per heavy atom. The van der Waals surface area contributed by atoms with E-state index in [2.05, 4.69) is 10.5 Å². The van der Waals surface area contributed by atoms with Crippen LogP contribution in [0.15, 0.2) is 29.4 Å². The number of hydrogen-bond acceptors (Lipinski definition) is 4. The standard InChI is InChI=1S/C16H22N2O3/c1-5-14(16(20)21-6-2)12(4)17-18-15(19)13-9-7-8-11(3)10-13/h7-10,14H,5-6H2,1-4H3,(H,18,19)/b17-12+/t14-/m1/s1. The SMILES string of the molecule is CCOC(=O)[C@H](CC)/C(C)=N/NC(=O)c1cccc(C)c1. The summed E-state index contributed by atoms with van der Waals surface area (Å²) >= 11 is 0. The van der Waals surface area contributed by atoms with Crippen LogP contribution >= 0.6 is 0 Å². The number of nitrogens with one attached hydrogen (secondary N) is 1. The van der Waals surface area contributed by atoms with Crippen molar-refractivity contribution in [1.82, 2.24) is 5.43 Å². The molecule has 0 unspecified atom stereocenters. The van der Waals surface area contributed by atoms with Gasteiger partial charge in [-0.1, -0.05) is 24.6 Å². The zero-order valence-electron chi connectivity index (χ0n) is 13.0. The second-order valence-electron chi connectivity index (χ2n) is 4.78. The second-order valence-corrected chi connectivity index (χ2v) is 4.78. The summed E-state index contributed by atoms with van der Waals surface area (Å²) in [6, 6.07) is 7.23. The van der Waals surface area contributed by atoms with E-state index < -0.39 is 5.92 Å². The average Bonchev–Trinajstić information content (AvgIpc) is 2.45. The van der Waals surface area contributed by atoms with Crippen LogP contribution in [0.2, 0.25) is 0 Å². The van der Waals surface area contributed by atoms with Crippen LogP contribution in [-0.4, -0.2) is 24.2 Å². The minimum Gasteiger partial charge on any atom is -0.465 e. The van der Waals surface area contributed by atoms with E-state index in [1.807, 2.05) is 26.0 Å². The van der Waals surface area contributed by atoms with Gasteiger partial charge in [-0.05, 0) is 39.3 Å². The van der Waals surface area contributed by atoms with Gasteiger partial charge in [0.25, 0.3) is 5.91 Å². The number of amides is 1. The molecule has 5 heteroatoms. The van der Waals surface area contributed by atoms with Gasteiger partial charge in [-0.25, -0.2) is 5.43 Å². The molecule has 0 heterocycles. The molecule has 0 saturated carbocycles. The first-order valence-electron chi connectivity index (χ1n) is 7.07. The van der Waals surface area contributed by atoms with E-state index in [1.54, 1.807) is 26.0 Å². The Labute approximate surface area is 125 Å². The average molecular weight is 290 g/mol. The van der Waals surface area contributed by atoms with Crippen molar-refractivity contribution in [3.8, 4) is 0 Å². The maximum absolute atomic E-state index is 12.0. The molecule has 0 aromatic heterocycles. The zero-order chi connectivity index (χ0) is 15.8. The number of ether oxygens (including phenoxy) is 1. The van der Waals surface area contributed by atoms with Gasteiger partial charge in [0.1, 0.15) is 0 Å². The summed E-state index contributed by atoms with van der Waals surface area (Å²) in [6.07, 6.45) is 0.578. The van der Waals surface area contributed by atoms with E-state index in [4.69, 9.17) is 4.74 Å². The predicted octanol–water partition coefficient (Wildman–Crippen LogP) is 2.69. The molecule has 0 radical (unpaired) electrons. The summed E-state index contributed by atoms with van der Waals surface area (Å²) in [5, 5.41) is 4.02. The molecule has 1 aromatic carbocycles. The number of benzene rings is 1. The van der Waals surface area contributed by atoms with Crippen molar-refractivity contribution in [3.63, 3.8) is 0 Å². The van der Waals surface area contributed by atoms with Crippen molar-refractivity contribution >= 4 is 17.6 Å². The molecule has 0 aliphatic heterocycles. The highest BCUT2D eigenvalue weighted by Gasteiger charge is 2.21. The van der Waals surface area contributed by atoms with Crippen molar-refractivity contribution in [1.29, 1.82) is 0 Å². The van der Waals surface area contributed by atoms with Gasteiger partial charge in [-0.15, -0.1) is 0 Å². The Kier molecular flexibility index (Phi) is 6.59. The summed E-state index contributed by atoms with van der Waals surface area (Å²) in [5.74, 6) is -1.04. The van der Waals surface area contributed by atoms with E-state index in [9.17, 15) is 9.59 Å². The molecule has 0 spiro atoms. The number of aryl methyl sites for hydroxylation is 1. The van der Waals surface area contributed by atoms with Crippen molar-refractivity contribution in [2.45, 2.75) is 34.1 Å². The number of carbonyl (C=O) groups excluding carboxylic acids is 2. The van der Waals surface area contributed by atoms with Crippen LogP contribution in [0.5, 0.6) is 0 Å². The highest BCUT2D eigenvalue weighted by Crippen LogP contribution is 2.08. The molecule has 21 heavy (non-hydrogen) atoms. The normalized spacial score (nSPS) is 12.7. The Morgan fingerprint density at radius 2 is 2.05 bits per heavy atom. The molecular formula is C16H22N2O3. The predicted molar refractivity (Wildman–Crippen MR) is 82.2 cm³/mol. The van der Waals surface area contributed by atoms with Crippen LogP contribution in [0.25, 0.3) is 0 Å². The number of hydrogen-bond donors (Lipinski definition) is 1. The van der Waals surface area contributed by atoms with Crippen LogP contribution in [0.1, 0.15) is 43.1 Å². The van der Waals surface area contributed by atoms with Crippen LogP contribution in [-0.2, 0) is 9.53 Å². The van der Waals surface area contributed by atoms with Gasteiger partial charge in [0.15, 0.2) is 0 Å². The highest BCUT2D eigenvalue weighted by atomic mass is 16.5. The molecule has 0 aliphatic rings. The third-order valence-corrected chi connectivity index (χ3v) is 3.10. The fourth-order valence-electron chi connectivity index (χ4n) is 1.94. The van der Waals surface area contributed by atoms with E-state index in [1.165, 1.54) is 0 Å². The lowest BCUT2D eigenvalue weighted by Crippen LogP contribution is -2.27. The van der Waals surface area contributed by atoms with Gasteiger partial charge in [-0.3, -0.25) is 9.59 Å². The van der Waals surface area contributed by atoms with Gasteiger partial charge in [0.2, 0.25) is 0 Å². The number of rotatable bonds is 6. The van der Waals surface area contributed by atoms with Gasteiger partial charge >= 0.3 is 5.97 Å². The van der Waals surface area contributed by atoms with Crippen LogP contribution in [0, 0.1) is 12.8 Å². The van der Waals surface area contributed by atoms with Crippen molar-refractivity contribution in [2.24, 2.45) is 11.0 Å². The minimum absolute atomic E-state index is 0.295. The molecule has 5 nitrogen and oxygen atoms in total. The molecular weight excluding hydrogens is 268 g/mol. The smallest absolute Gasteiger partial charge is 0.314 e. The largest absolute Gasteiger partial charge is 0.465 e. The van der Waals surface area contributed by atoms with E-state index >= 15 is 0 Å². The Morgan fingerprint density at radius 1 is 1.33 bits per heavy atom. The Bertz CT molecular complexity index is 538. The van der Waals surface area contributed by atoms with Crippen molar-refractivity contribution in [2.75, 3.05) is 6.61 Å². The third kappa shape index (κ3) is 5.02. The van der Waals surface area contributed by atoms with Gasteiger partial charge in [-0.2, -0.15) is 5.10 Å². The maximum atomic E-state index is 12.0. The van der Waals surface area contributed by atoms with Crippen LogP contribution in [0.4, 0.5) is 0 Å². The minimum atomic E-state index is -0.428. The lowest BCUT2D eigenvalue weighted by atomic mass is 10.0. The molecule has 0 saturated heterocycles. The topological polar surface area (TPSA) is 67.8 Å². The zero-order valence-corrected chi connectivity index (χ0v) is 13.0. The Balaban J connectivity index is 2.74. The molecule has 1 amide bonds. The molecule has 1 atom stereocenters. The summed E-state index contributed by atoms with van der Waals surface area (Å²) in [4.78, 5) is 23.7. The fourth-order valence-corrected chi connectivity index (χ4v) is 1.94. The quantitative estimate of drug-likeness (QED) is 0.497. The van der Waals surface area contributed by atoms with Crippen molar-refractivity contribution < 1.29 is 14.3 Å². The number of carbonyl (C=O) groups is 2. The van der Waals surface area contributed by atoms with Crippen LogP contribution < -0.4 is 5.43 Å². The summed E-state index contributed by atoms with van der Waals surface area (Å²) < 4.78 is 4.99. The molecule has 114 valence electrons. The van der Waals surface area contributed by atoms with E-state index in [0.29, 0.717) is 24.3 Å². The first-order valence-corrected chi connectivity index (χ1v) is 7.07. The summed E-state index contributed by atoms with van der Waals surface area (Å²) in [7, 11) is 0. The van der Waals surface area contributed by atoms with E-state index in [-0.39, 0.29) is 11.9 Å². The fraction of sp³-hybridized carbons (Fsp3) is 0.438. The highest BCUT2D eigenvalue weighted by molar-refractivity contribution is 6.02. The first kappa shape index (κ1) is 16.9. The maximum Gasteiger partial charge on any atom is 0.314 e. The summed E-state index contributed by atoms with van der Waals surface area (Å²) in [5.41, 5.74) is 4.56. The van der Waals surface area contributed by atoms with Crippen LogP contribution in [0.3, 0.4) is 0 Å². The van der Waals surface area contributed by atoms with Gasteiger partial charge in [0, 0.05) is 11.3 Å².